The summed E-state index contributed by atoms with van der Waals surface area (Å²) in [4.78, 5) is 3.93. The van der Waals surface area contributed by atoms with Crippen molar-refractivity contribution in [2.45, 2.75) is 25.5 Å². The number of thioether (sulfide) groups is 1. The van der Waals surface area contributed by atoms with Crippen molar-refractivity contribution in [1.82, 2.24) is 4.57 Å². The van der Waals surface area contributed by atoms with E-state index in [4.69, 9.17) is 4.42 Å². The van der Waals surface area contributed by atoms with Gasteiger partial charge in [0, 0.05) is 66.2 Å². The summed E-state index contributed by atoms with van der Waals surface area (Å²) in [5, 5.41) is 7.53. The van der Waals surface area contributed by atoms with E-state index in [1.165, 1.54) is 116 Å². The summed E-state index contributed by atoms with van der Waals surface area (Å²) in [6, 6.07) is 67.3. The monoisotopic (exact) mass is 964 g/mol. The van der Waals surface area contributed by atoms with Gasteiger partial charge in [-0.25, -0.2) is 0 Å². The normalized spacial score (nSPS) is 18.5. The molecule has 0 spiro atoms. The zero-order valence-corrected chi connectivity index (χ0v) is 41.8. The van der Waals surface area contributed by atoms with Crippen LogP contribution in [0.2, 0.25) is 0 Å². The molecule has 350 valence electrons. The van der Waals surface area contributed by atoms with Crippen molar-refractivity contribution in [3.05, 3.63) is 257 Å². The highest BCUT2D eigenvalue weighted by molar-refractivity contribution is 8.09. The molecule has 11 aromatic rings. The summed E-state index contributed by atoms with van der Waals surface area (Å²) in [6.07, 6.45) is 18.1. The van der Waals surface area contributed by atoms with Crippen LogP contribution in [0.3, 0.4) is 0 Å². The molecule has 16 rings (SSSR count). The largest absolute Gasteiger partial charge is 0.456 e. The van der Waals surface area contributed by atoms with Gasteiger partial charge in [-0.3, -0.25) is 0 Å². The van der Waals surface area contributed by atoms with Crippen molar-refractivity contribution in [2.75, 3.05) is 4.90 Å². The van der Waals surface area contributed by atoms with Gasteiger partial charge in [0.05, 0.1) is 22.4 Å². The van der Waals surface area contributed by atoms with Crippen LogP contribution in [0.5, 0.6) is 0 Å². The van der Waals surface area contributed by atoms with Crippen LogP contribution in [0.1, 0.15) is 59.2 Å². The molecule has 2 aliphatic heterocycles. The first-order valence-electron chi connectivity index (χ1n) is 26.0. The van der Waals surface area contributed by atoms with Crippen molar-refractivity contribution < 1.29 is 4.42 Å². The zero-order valence-electron chi connectivity index (χ0n) is 41.0. The van der Waals surface area contributed by atoms with E-state index >= 15 is 0 Å². The summed E-state index contributed by atoms with van der Waals surface area (Å²) in [5.74, 6) is 0.543. The number of aromatic nitrogens is 1. The summed E-state index contributed by atoms with van der Waals surface area (Å²) < 4.78 is 9.05. The van der Waals surface area contributed by atoms with Gasteiger partial charge in [-0.15, -0.1) is 11.8 Å². The lowest BCUT2D eigenvalue weighted by Gasteiger charge is -2.31. The number of allylic oxidation sites excluding steroid dienone is 7. The van der Waals surface area contributed by atoms with Crippen LogP contribution in [0.25, 0.3) is 105 Å². The van der Waals surface area contributed by atoms with Crippen LogP contribution in [0.4, 0.5) is 11.4 Å². The Kier molecular flexibility index (Phi) is 9.06. The van der Waals surface area contributed by atoms with Crippen LogP contribution in [-0.2, 0) is 0 Å². The van der Waals surface area contributed by atoms with E-state index in [9.17, 15) is 0 Å². The van der Waals surface area contributed by atoms with Crippen LogP contribution in [0, 0.1) is 11.8 Å². The third-order valence-electron chi connectivity index (χ3n) is 16.5. The van der Waals surface area contributed by atoms with Gasteiger partial charge in [-0.1, -0.05) is 177 Å². The minimum absolute atomic E-state index is 0.220. The molecule has 3 aliphatic carbocycles. The Balaban J connectivity index is 0.833. The fourth-order valence-electron chi connectivity index (χ4n) is 13.2. The maximum Gasteiger partial charge on any atom is 0.137 e. The number of furan rings is 1. The second-order valence-electron chi connectivity index (χ2n) is 20.8. The van der Waals surface area contributed by atoms with Gasteiger partial charge < -0.3 is 13.9 Å². The highest BCUT2D eigenvalue weighted by atomic mass is 32.2. The lowest BCUT2D eigenvalue weighted by atomic mass is 9.84. The number of fused-ring (bicyclic) bond motifs is 14. The molecule has 0 N–H and O–H groups in total. The Morgan fingerprint density at radius 3 is 2.24 bits per heavy atom. The number of hydrogen-bond acceptors (Lipinski definition) is 3. The molecule has 2 bridgehead atoms. The second kappa shape index (κ2) is 16.0. The van der Waals surface area contributed by atoms with Crippen molar-refractivity contribution in [2.24, 2.45) is 11.8 Å². The number of nitrogens with zero attached hydrogens (tertiary/aromatic N) is 2. The van der Waals surface area contributed by atoms with Crippen molar-refractivity contribution in [1.29, 1.82) is 0 Å². The van der Waals surface area contributed by atoms with Gasteiger partial charge >= 0.3 is 0 Å². The van der Waals surface area contributed by atoms with Crippen molar-refractivity contribution in [3.63, 3.8) is 0 Å². The molecule has 3 nitrogen and oxygen atoms in total. The predicted octanol–water partition coefficient (Wildman–Crippen LogP) is 19.1. The fourth-order valence-corrected chi connectivity index (χ4v) is 14.6. The highest BCUT2D eigenvalue weighted by Gasteiger charge is 2.36. The smallest absolute Gasteiger partial charge is 0.137 e. The van der Waals surface area contributed by atoms with Crippen molar-refractivity contribution >= 4 is 111 Å². The molecule has 0 saturated heterocycles. The SMILES string of the molecule is CC(=CC1SC(c2ccc3oc4cc5c(cc4c3c2)c2ccccc2n5-c2ccccc2)=CC1C)N1c2cccc3c2C(=C2C=Cc4ccc5ccccc5c4-c4cccc1c42)CC1C=Cc2ccccc2C3=C1. The number of rotatable bonds is 4. The van der Waals surface area contributed by atoms with E-state index in [0.717, 1.165) is 39.6 Å². The molecule has 0 saturated carbocycles. The number of hydrogen-bond donors (Lipinski definition) is 0. The third-order valence-corrected chi connectivity index (χ3v) is 18.0. The van der Waals surface area contributed by atoms with E-state index in [-0.39, 0.29) is 11.2 Å². The molecule has 74 heavy (non-hydrogen) atoms. The molecule has 0 radical (unpaired) electrons. The predicted molar refractivity (Wildman–Crippen MR) is 315 cm³/mol. The van der Waals surface area contributed by atoms with Crippen LogP contribution >= 0.6 is 11.8 Å². The van der Waals surface area contributed by atoms with E-state index in [0.29, 0.717) is 5.92 Å². The molecule has 2 aromatic heterocycles. The molecule has 3 unspecified atom stereocenters. The van der Waals surface area contributed by atoms with Crippen LogP contribution < -0.4 is 4.90 Å². The van der Waals surface area contributed by atoms with Gasteiger partial charge in [0.15, 0.2) is 0 Å². The minimum Gasteiger partial charge on any atom is -0.456 e. The fraction of sp³-hybridized carbons (Fsp3) is 0.0857. The van der Waals surface area contributed by atoms with E-state index in [1.807, 2.05) is 11.8 Å². The van der Waals surface area contributed by atoms with E-state index in [1.54, 1.807) is 0 Å². The molecular formula is C70H48N2OS. The number of anilines is 2. The highest BCUT2D eigenvalue weighted by Crippen LogP contribution is 2.57. The van der Waals surface area contributed by atoms with Gasteiger partial charge in [0.2, 0.25) is 0 Å². The average Bonchev–Trinajstić information content (AvgIpc) is 3.92. The third kappa shape index (κ3) is 6.15. The zero-order chi connectivity index (χ0) is 48.8. The Labute approximate surface area is 434 Å². The minimum atomic E-state index is 0.220. The summed E-state index contributed by atoms with van der Waals surface area (Å²) >= 11 is 1.98. The Morgan fingerprint density at radius 1 is 0.568 bits per heavy atom. The Bertz CT molecular complexity index is 4470. The molecule has 3 atom stereocenters. The standard InChI is InChI=1S/C70H48N2OS/c1-41-34-67(47-31-33-64-57(38-47)58-39-56-51-20-10-11-23-60(51)72(48-16-4-3-5-17-48)63(56)40-65(58)73-64)74-66(41)35-42(2)71-61-25-13-22-54-68-46(29-28-45-15-7-9-19-50(45)68)30-32-53(69(54)61)59-37-43-26-27-44-14-6-8-18-49(44)55(36-43)52-21-12-24-62(71)70(52)59/h3-36,38-41,43,66H,37H2,1-2H3. The molecule has 0 amide bonds. The first-order valence-corrected chi connectivity index (χ1v) is 26.9. The molecule has 0 fully saturated rings. The molecule has 4 heterocycles. The quantitative estimate of drug-likeness (QED) is 0.175. The lowest BCUT2D eigenvalue weighted by Crippen LogP contribution is -2.19. The first-order chi connectivity index (χ1) is 36.5. The maximum absolute atomic E-state index is 6.68. The van der Waals surface area contributed by atoms with Crippen LogP contribution in [-0.4, -0.2) is 9.82 Å². The second-order valence-corrected chi connectivity index (χ2v) is 22.0. The Morgan fingerprint density at radius 2 is 1.34 bits per heavy atom. The average molecular weight is 965 g/mol. The van der Waals surface area contributed by atoms with Crippen LogP contribution in [0.15, 0.2) is 222 Å². The molecular weight excluding hydrogens is 917 g/mol. The van der Waals surface area contributed by atoms with Gasteiger partial charge in [-0.05, 0) is 134 Å². The Hall–Kier alpha value is -8.57. The summed E-state index contributed by atoms with van der Waals surface area (Å²) in [7, 11) is 0. The maximum atomic E-state index is 6.68. The van der Waals surface area contributed by atoms with Gasteiger partial charge in [0.25, 0.3) is 0 Å². The molecule has 9 aromatic carbocycles. The van der Waals surface area contributed by atoms with Gasteiger partial charge in [-0.2, -0.15) is 0 Å². The molecule has 5 aliphatic rings. The van der Waals surface area contributed by atoms with E-state index < -0.39 is 0 Å². The summed E-state index contributed by atoms with van der Waals surface area (Å²) in [6.45, 7) is 4.73. The number of para-hydroxylation sites is 2. The first kappa shape index (κ1) is 42.0. The van der Waals surface area contributed by atoms with Crippen molar-refractivity contribution in [3.8, 4) is 16.8 Å². The van der Waals surface area contributed by atoms with Gasteiger partial charge in [0.1, 0.15) is 11.2 Å². The topological polar surface area (TPSA) is 21.3 Å². The lowest BCUT2D eigenvalue weighted by molar-refractivity contribution is 0.669. The molecule has 4 heteroatoms. The summed E-state index contributed by atoms with van der Waals surface area (Å²) in [5.41, 5.74) is 24.6. The number of benzene rings is 9. The van der Waals surface area contributed by atoms with E-state index in [2.05, 4.69) is 248 Å².